The SMILES string of the molecule is O=C(Cc1ccc2nc[nH]c2c1)N1CCNCC1. The third-order valence-electron chi connectivity index (χ3n) is 3.31. The molecule has 0 spiro atoms. The fraction of sp³-hybridized carbons (Fsp3) is 0.385. The quantitative estimate of drug-likeness (QED) is 0.810. The van der Waals surface area contributed by atoms with Gasteiger partial charge in [-0.1, -0.05) is 6.07 Å². The summed E-state index contributed by atoms with van der Waals surface area (Å²) in [7, 11) is 0. The summed E-state index contributed by atoms with van der Waals surface area (Å²) in [6.45, 7) is 3.41. The Labute approximate surface area is 105 Å². The Morgan fingerprint density at radius 2 is 2.17 bits per heavy atom. The van der Waals surface area contributed by atoms with Crippen LogP contribution in [0.1, 0.15) is 5.56 Å². The van der Waals surface area contributed by atoms with Gasteiger partial charge in [-0.2, -0.15) is 0 Å². The maximum absolute atomic E-state index is 12.1. The van der Waals surface area contributed by atoms with E-state index in [2.05, 4.69) is 15.3 Å². The minimum Gasteiger partial charge on any atom is -0.345 e. The Morgan fingerprint density at radius 3 is 3.00 bits per heavy atom. The van der Waals surface area contributed by atoms with Crippen molar-refractivity contribution in [1.29, 1.82) is 0 Å². The molecule has 5 nitrogen and oxygen atoms in total. The molecule has 18 heavy (non-hydrogen) atoms. The van der Waals surface area contributed by atoms with Crippen LogP contribution in [0, 0.1) is 0 Å². The second kappa shape index (κ2) is 4.78. The van der Waals surface area contributed by atoms with Gasteiger partial charge in [0.2, 0.25) is 5.91 Å². The number of imidazole rings is 1. The summed E-state index contributed by atoms with van der Waals surface area (Å²) in [6, 6.07) is 5.93. The highest BCUT2D eigenvalue weighted by Gasteiger charge is 2.16. The number of piperazine rings is 1. The zero-order chi connectivity index (χ0) is 12.4. The maximum atomic E-state index is 12.1. The van der Waals surface area contributed by atoms with Crippen molar-refractivity contribution < 1.29 is 4.79 Å². The van der Waals surface area contributed by atoms with Crippen LogP contribution >= 0.6 is 0 Å². The second-order valence-electron chi connectivity index (χ2n) is 4.56. The van der Waals surface area contributed by atoms with Gasteiger partial charge in [0.25, 0.3) is 0 Å². The predicted octanol–water partition coefficient (Wildman–Crippen LogP) is 0.537. The molecule has 5 heteroatoms. The Balaban J connectivity index is 1.72. The number of hydrogen-bond donors (Lipinski definition) is 2. The van der Waals surface area contributed by atoms with Gasteiger partial charge in [0.1, 0.15) is 0 Å². The van der Waals surface area contributed by atoms with E-state index in [1.54, 1.807) is 6.33 Å². The van der Waals surface area contributed by atoms with Gasteiger partial charge in [-0.15, -0.1) is 0 Å². The highest BCUT2D eigenvalue weighted by atomic mass is 16.2. The van der Waals surface area contributed by atoms with Gasteiger partial charge in [-0.3, -0.25) is 4.79 Å². The first-order chi connectivity index (χ1) is 8.83. The van der Waals surface area contributed by atoms with E-state index in [4.69, 9.17) is 0 Å². The standard InChI is InChI=1S/C13H16N4O/c18-13(17-5-3-14-4-6-17)8-10-1-2-11-12(7-10)16-9-15-11/h1-2,7,9,14H,3-6,8H2,(H,15,16). The van der Waals surface area contributed by atoms with Gasteiger partial charge in [0.15, 0.2) is 0 Å². The van der Waals surface area contributed by atoms with Gasteiger partial charge in [0, 0.05) is 26.2 Å². The van der Waals surface area contributed by atoms with Gasteiger partial charge >= 0.3 is 0 Å². The molecular formula is C13H16N4O. The van der Waals surface area contributed by atoms with Gasteiger partial charge in [0.05, 0.1) is 23.8 Å². The van der Waals surface area contributed by atoms with E-state index < -0.39 is 0 Å². The zero-order valence-corrected chi connectivity index (χ0v) is 10.1. The van der Waals surface area contributed by atoms with E-state index in [0.29, 0.717) is 6.42 Å². The summed E-state index contributed by atoms with van der Waals surface area (Å²) >= 11 is 0. The molecule has 0 aliphatic carbocycles. The molecule has 2 heterocycles. The molecule has 1 aliphatic rings. The number of fused-ring (bicyclic) bond motifs is 1. The van der Waals surface area contributed by atoms with E-state index in [1.165, 1.54) is 0 Å². The highest BCUT2D eigenvalue weighted by molar-refractivity contribution is 5.81. The number of rotatable bonds is 2. The van der Waals surface area contributed by atoms with Crippen molar-refractivity contribution in [3.63, 3.8) is 0 Å². The predicted molar refractivity (Wildman–Crippen MR) is 69.2 cm³/mol. The number of carbonyl (C=O) groups is 1. The maximum Gasteiger partial charge on any atom is 0.227 e. The Hall–Kier alpha value is -1.88. The molecule has 1 fully saturated rings. The number of aromatic nitrogens is 2. The molecule has 94 valence electrons. The minimum absolute atomic E-state index is 0.204. The highest BCUT2D eigenvalue weighted by Crippen LogP contribution is 2.13. The third-order valence-corrected chi connectivity index (χ3v) is 3.31. The second-order valence-corrected chi connectivity index (χ2v) is 4.56. The summed E-state index contributed by atoms with van der Waals surface area (Å²) in [4.78, 5) is 21.3. The largest absolute Gasteiger partial charge is 0.345 e. The third kappa shape index (κ3) is 2.22. The first kappa shape index (κ1) is 11.2. The Morgan fingerprint density at radius 1 is 1.33 bits per heavy atom. The number of nitrogens with one attached hydrogen (secondary N) is 2. The van der Waals surface area contributed by atoms with Crippen molar-refractivity contribution >= 4 is 16.9 Å². The van der Waals surface area contributed by atoms with Crippen LogP contribution in [-0.4, -0.2) is 47.0 Å². The van der Waals surface area contributed by atoms with E-state index in [-0.39, 0.29) is 5.91 Å². The molecule has 1 aromatic carbocycles. The molecule has 1 aromatic heterocycles. The summed E-state index contributed by atoms with van der Waals surface area (Å²) in [5.74, 6) is 0.204. The van der Waals surface area contributed by atoms with Crippen molar-refractivity contribution in [2.75, 3.05) is 26.2 Å². The van der Waals surface area contributed by atoms with Crippen LogP contribution in [0.15, 0.2) is 24.5 Å². The van der Waals surface area contributed by atoms with Gasteiger partial charge in [-0.05, 0) is 17.7 Å². The van der Waals surface area contributed by atoms with Crippen LogP contribution < -0.4 is 5.32 Å². The van der Waals surface area contributed by atoms with Crippen molar-refractivity contribution in [2.24, 2.45) is 0 Å². The lowest BCUT2D eigenvalue weighted by molar-refractivity contribution is -0.131. The Bertz CT molecular complexity index is 557. The molecular weight excluding hydrogens is 228 g/mol. The summed E-state index contributed by atoms with van der Waals surface area (Å²) in [5, 5.41) is 3.25. The number of amides is 1. The number of benzene rings is 1. The van der Waals surface area contributed by atoms with Crippen LogP contribution in [0.4, 0.5) is 0 Å². The van der Waals surface area contributed by atoms with Crippen LogP contribution in [0.3, 0.4) is 0 Å². The molecule has 1 saturated heterocycles. The van der Waals surface area contributed by atoms with Crippen LogP contribution in [0.2, 0.25) is 0 Å². The van der Waals surface area contributed by atoms with Crippen molar-refractivity contribution in [3.05, 3.63) is 30.1 Å². The van der Waals surface area contributed by atoms with Crippen molar-refractivity contribution in [3.8, 4) is 0 Å². The lowest BCUT2D eigenvalue weighted by atomic mass is 10.1. The first-order valence-corrected chi connectivity index (χ1v) is 6.23. The molecule has 0 bridgehead atoms. The lowest BCUT2D eigenvalue weighted by Crippen LogP contribution is -2.46. The average molecular weight is 244 g/mol. The summed E-state index contributed by atoms with van der Waals surface area (Å²) < 4.78 is 0. The first-order valence-electron chi connectivity index (χ1n) is 6.23. The average Bonchev–Trinajstić information content (AvgIpc) is 2.87. The molecule has 3 rings (SSSR count). The molecule has 2 aromatic rings. The van der Waals surface area contributed by atoms with Gasteiger partial charge < -0.3 is 15.2 Å². The summed E-state index contributed by atoms with van der Waals surface area (Å²) in [6.07, 6.45) is 2.14. The van der Waals surface area contributed by atoms with Crippen molar-refractivity contribution in [1.82, 2.24) is 20.2 Å². The van der Waals surface area contributed by atoms with E-state index in [0.717, 1.165) is 42.8 Å². The number of carbonyl (C=O) groups excluding carboxylic acids is 1. The summed E-state index contributed by atoms with van der Waals surface area (Å²) in [5.41, 5.74) is 2.96. The van der Waals surface area contributed by atoms with Crippen LogP contribution in [0.25, 0.3) is 11.0 Å². The molecule has 1 aliphatic heterocycles. The Kier molecular flexibility index (Phi) is 2.98. The zero-order valence-electron chi connectivity index (χ0n) is 10.1. The number of hydrogen-bond acceptors (Lipinski definition) is 3. The monoisotopic (exact) mass is 244 g/mol. The molecule has 0 atom stereocenters. The molecule has 0 unspecified atom stereocenters. The topological polar surface area (TPSA) is 61.0 Å². The van der Waals surface area contributed by atoms with E-state index in [9.17, 15) is 4.79 Å². The molecule has 1 amide bonds. The fourth-order valence-corrected chi connectivity index (χ4v) is 2.29. The van der Waals surface area contributed by atoms with Gasteiger partial charge in [-0.25, -0.2) is 4.98 Å². The van der Waals surface area contributed by atoms with E-state index >= 15 is 0 Å². The minimum atomic E-state index is 0.204. The van der Waals surface area contributed by atoms with Crippen LogP contribution in [0.5, 0.6) is 0 Å². The molecule has 2 N–H and O–H groups in total. The van der Waals surface area contributed by atoms with Crippen LogP contribution in [-0.2, 0) is 11.2 Å². The van der Waals surface area contributed by atoms with E-state index in [1.807, 2.05) is 23.1 Å². The smallest absolute Gasteiger partial charge is 0.227 e. The fourth-order valence-electron chi connectivity index (χ4n) is 2.29. The number of H-pyrrole nitrogens is 1. The number of aromatic amines is 1. The molecule has 0 saturated carbocycles. The van der Waals surface area contributed by atoms with Crippen molar-refractivity contribution in [2.45, 2.75) is 6.42 Å². The lowest BCUT2D eigenvalue weighted by Gasteiger charge is -2.27. The number of nitrogens with zero attached hydrogens (tertiary/aromatic N) is 2. The molecule has 0 radical (unpaired) electrons. The normalized spacial score (nSPS) is 16.1.